The van der Waals surface area contributed by atoms with Gasteiger partial charge in [-0.2, -0.15) is 0 Å². The van der Waals surface area contributed by atoms with Gasteiger partial charge >= 0.3 is 0 Å². The van der Waals surface area contributed by atoms with Crippen molar-refractivity contribution >= 4 is 21.8 Å². The summed E-state index contributed by atoms with van der Waals surface area (Å²) < 4.78 is 0.947. The molecule has 1 heterocycles. The summed E-state index contributed by atoms with van der Waals surface area (Å²) in [6, 6.07) is 7.55. The number of benzene rings is 1. The van der Waals surface area contributed by atoms with Gasteiger partial charge in [0, 0.05) is 23.1 Å². The molecule has 0 atom stereocenters. The third-order valence-corrected chi connectivity index (χ3v) is 3.18. The van der Waals surface area contributed by atoms with E-state index in [0.717, 1.165) is 29.5 Å². The minimum atomic E-state index is 0.119. The highest BCUT2D eigenvalue weighted by Crippen LogP contribution is 2.16. The molecule has 0 fully saturated rings. The number of hydrogen-bond acceptors (Lipinski definition) is 1. The van der Waals surface area contributed by atoms with Crippen LogP contribution in [0.3, 0.4) is 0 Å². The number of rotatable bonds is 1. The Kier molecular flexibility index (Phi) is 3.44. The fourth-order valence-corrected chi connectivity index (χ4v) is 2.29. The molecule has 3 heteroatoms. The molecule has 0 spiro atoms. The van der Waals surface area contributed by atoms with Crippen molar-refractivity contribution in [3.63, 3.8) is 0 Å². The van der Waals surface area contributed by atoms with Crippen LogP contribution in [0, 0.1) is 0 Å². The number of carbonyl (C=O) groups is 1. The van der Waals surface area contributed by atoms with E-state index >= 15 is 0 Å². The van der Waals surface area contributed by atoms with Crippen LogP contribution in [0.15, 0.2) is 40.4 Å². The minimum Gasteiger partial charge on any atom is -0.334 e. The van der Waals surface area contributed by atoms with Crippen LogP contribution in [-0.4, -0.2) is 23.9 Å². The Balaban J connectivity index is 2.16. The van der Waals surface area contributed by atoms with E-state index in [1.807, 2.05) is 29.2 Å². The summed E-state index contributed by atoms with van der Waals surface area (Å²) in [6.45, 7) is 3.65. The molecular formula is C13H14BrNO. The Bertz CT molecular complexity index is 439. The van der Waals surface area contributed by atoms with Crippen molar-refractivity contribution in [2.45, 2.75) is 13.3 Å². The summed E-state index contributed by atoms with van der Waals surface area (Å²) in [5.74, 6) is 0.119. The summed E-state index contributed by atoms with van der Waals surface area (Å²) >= 11 is 3.38. The van der Waals surface area contributed by atoms with Gasteiger partial charge in [-0.1, -0.05) is 33.6 Å². The van der Waals surface area contributed by atoms with Crippen molar-refractivity contribution in [1.82, 2.24) is 4.90 Å². The van der Waals surface area contributed by atoms with Crippen molar-refractivity contribution in [2.75, 3.05) is 13.1 Å². The van der Waals surface area contributed by atoms with Gasteiger partial charge in [-0.05, 0) is 31.5 Å². The average molecular weight is 280 g/mol. The Labute approximate surface area is 104 Å². The second-order valence-electron chi connectivity index (χ2n) is 4.08. The topological polar surface area (TPSA) is 20.3 Å². The van der Waals surface area contributed by atoms with Crippen molar-refractivity contribution in [3.05, 3.63) is 46.0 Å². The van der Waals surface area contributed by atoms with Crippen LogP contribution in [0.5, 0.6) is 0 Å². The summed E-state index contributed by atoms with van der Waals surface area (Å²) in [5.41, 5.74) is 2.03. The maximum absolute atomic E-state index is 12.2. The molecule has 0 radical (unpaired) electrons. The molecule has 1 aliphatic rings. The van der Waals surface area contributed by atoms with E-state index in [4.69, 9.17) is 0 Å². The van der Waals surface area contributed by atoms with Crippen LogP contribution >= 0.6 is 15.9 Å². The van der Waals surface area contributed by atoms with Crippen LogP contribution in [0.1, 0.15) is 23.7 Å². The van der Waals surface area contributed by atoms with Crippen molar-refractivity contribution in [2.24, 2.45) is 0 Å². The predicted molar refractivity (Wildman–Crippen MR) is 68.4 cm³/mol. The van der Waals surface area contributed by atoms with Crippen LogP contribution in [-0.2, 0) is 0 Å². The average Bonchev–Trinajstić information content (AvgIpc) is 2.28. The standard InChI is InChI=1S/C13H14BrNO/c1-10-4-3-7-15(9-10)13(16)11-5-2-6-12(14)8-11/h2,4-6,8H,3,7,9H2,1H3. The van der Waals surface area contributed by atoms with Gasteiger partial charge in [0.2, 0.25) is 0 Å². The lowest BCUT2D eigenvalue weighted by Gasteiger charge is -2.26. The highest BCUT2D eigenvalue weighted by molar-refractivity contribution is 9.10. The lowest BCUT2D eigenvalue weighted by molar-refractivity contribution is 0.0766. The molecule has 1 amide bonds. The normalized spacial score (nSPS) is 15.9. The van der Waals surface area contributed by atoms with Crippen LogP contribution in [0.2, 0.25) is 0 Å². The highest BCUT2D eigenvalue weighted by Gasteiger charge is 2.17. The summed E-state index contributed by atoms with van der Waals surface area (Å²) in [4.78, 5) is 14.1. The number of carbonyl (C=O) groups excluding carboxylic acids is 1. The maximum atomic E-state index is 12.2. The number of amides is 1. The highest BCUT2D eigenvalue weighted by atomic mass is 79.9. The van der Waals surface area contributed by atoms with Crippen LogP contribution in [0.4, 0.5) is 0 Å². The number of nitrogens with zero attached hydrogens (tertiary/aromatic N) is 1. The van der Waals surface area contributed by atoms with Gasteiger partial charge in [0.15, 0.2) is 0 Å². The first-order valence-corrected chi connectivity index (χ1v) is 6.16. The molecule has 84 valence electrons. The molecule has 1 aliphatic heterocycles. The largest absolute Gasteiger partial charge is 0.334 e. The molecule has 0 N–H and O–H groups in total. The van der Waals surface area contributed by atoms with Gasteiger partial charge in [-0.25, -0.2) is 0 Å². The van der Waals surface area contributed by atoms with Crippen LogP contribution < -0.4 is 0 Å². The van der Waals surface area contributed by atoms with Gasteiger partial charge in [0.1, 0.15) is 0 Å². The molecule has 1 aromatic carbocycles. The predicted octanol–water partition coefficient (Wildman–Crippen LogP) is 3.24. The van der Waals surface area contributed by atoms with E-state index in [9.17, 15) is 4.79 Å². The minimum absolute atomic E-state index is 0.119. The second-order valence-corrected chi connectivity index (χ2v) is 4.99. The molecule has 0 saturated carbocycles. The first-order valence-electron chi connectivity index (χ1n) is 5.37. The lowest BCUT2D eigenvalue weighted by atomic mass is 10.1. The first-order chi connectivity index (χ1) is 7.66. The van der Waals surface area contributed by atoms with Gasteiger partial charge in [-0.15, -0.1) is 0 Å². The third-order valence-electron chi connectivity index (χ3n) is 2.69. The van der Waals surface area contributed by atoms with E-state index in [1.54, 1.807) is 0 Å². The molecule has 1 aromatic rings. The maximum Gasteiger partial charge on any atom is 0.254 e. The lowest BCUT2D eigenvalue weighted by Crippen LogP contribution is -2.35. The van der Waals surface area contributed by atoms with Gasteiger partial charge in [-0.3, -0.25) is 4.79 Å². The van der Waals surface area contributed by atoms with Gasteiger partial charge < -0.3 is 4.90 Å². The Morgan fingerprint density at radius 3 is 2.94 bits per heavy atom. The molecule has 16 heavy (non-hydrogen) atoms. The van der Waals surface area contributed by atoms with E-state index in [-0.39, 0.29) is 5.91 Å². The molecule has 0 saturated heterocycles. The molecule has 0 aromatic heterocycles. The Morgan fingerprint density at radius 1 is 1.44 bits per heavy atom. The molecule has 0 bridgehead atoms. The van der Waals surface area contributed by atoms with E-state index in [1.165, 1.54) is 5.57 Å². The molecule has 2 nitrogen and oxygen atoms in total. The van der Waals surface area contributed by atoms with Gasteiger partial charge in [0.25, 0.3) is 5.91 Å². The van der Waals surface area contributed by atoms with Gasteiger partial charge in [0.05, 0.1) is 0 Å². The third kappa shape index (κ3) is 2.53. The SMILES string of the molecule is CC1=CCCN(C(=O)c2cccc(Br)c2)C1. The fraction of sp³-hybridized carbons (Fsp3) is 0.308. The zero-order valence-electron chi connectivity index (χ0n) is 9.24. The number of halogens is 1. The van der Waals surface area contributed by atoms with E-state index in [2.05, 4.69) is 28.9 Å². The van der Waals surface area contributed by atoms with Crippen LogP contribution in [0.25, 0.3) is 0 Å². The molecular weight excluding hydrogens is 266 g/mol. The monoisotopic (exact) mass is 279 g/mol. The number of hydrogen-bond donors (Lipinski definition) is 0. The fourth-order valence-electron chi connectivity index (χ4n) is 1.89. The van der Waals surface area contributed by atoms with Crippen molar-refractivity contribution < 1.29 is 4.79 Å². The smallest absolute Gasteiger partial charge is 0.254 e. The van der Waals surface area contributed by atoms with Crippen molar-refractivity contribution in [3.8, 4) is 0 Å². The van der Waals surface area contributed by atoms with Crippen molar-refractivity contribution in [1.29, 1.82) is 0 Å². The molecule has 0 aliphatic carbocycles. The second kappa shape index (κ2) is 4.83. The molecule has 0 unspecified atom stereocenters. The van der Waals surface area contributed by atoms with E-state index < -0.39 is 0 Å². The summed E-state index contributed by atoms with van der Waals surface area (Å²) in [5, 5.41) is 0. The Morgan fingerprint density at radius 2 is 2.25 bits per heavy atom. The Hall–Kier alpha value is -1.09. The summed E-state index contributed by atoms with van der Waals surface area (Å²) in [6.07, 6.45) is 3.16. The summed E-state index contributed by atoms with van der Waals surface area (Å²) in [7, 11) is 0. The molecule has 2 rings (SSSR count). The first kappa shape index (κ1) is 11.4. The zero-order chi connectivity index (χ0) is 11.5. The quantitative estimate of drug-likeness (QED) is 0.723. The van der Waals surface area contributed by atoms with E-state index in [0.29, 0.717) is 0 Å². The zero-order valence-corrected chi connectivity index (χ0v) is 10.8.